The molecule has 0 atom stereocenters. The van der Waals surface area contributed by atoms with Crippen LogP contribution in [-0.4, -0.2) is 24.0 Å². The van der Waals surface area contributed by atoms with E-state index in [0.717, 1.165) is 43.5 Å². The summed E-state index contributed by atoms with van der Waals surface area (Å²) in [4.78, 5) is 16.6. The van der Waals surface area contributed by atoms with Gasteiger partial charge in [-0.25, -0.2) is 0 Å². The van der Waals surface area contributed by atoms with Crippen molar-refractivity contribution in [2.24, 2.45) is 5.41 Å². The molecule has 2 heterocycles. The molecule has 1 amide bonds. The molecule has 0 unspecified atom stereocenters. The van der Waals surface area contributed by atoms with Gasteiger partial charge >= 0.3 is 0 Å². The van der Waals surface area contributed by atoms with Gasteiger partial charge in [-0.1, -0.05) is 6.92 Å². The third-order valence-electron chi connectivity index (χ3n) is 4.29. The Morgan fingerprint density at radius 2 is 2.21 bits per heavy atom. The van der Waals surface area contributed by atoms with Crippen LogP contribution >= 0.6 is 0 Å². The highest BCUT2D eigenvalue weighted by atomic mass is 16.2. The fraction of sp³-hybridized carbons (Fsp3) is 0.600. The summed E-state index contributed by atoms with van der Waals surface area (Å²) in [7, 11) is 0. The quantitative estimate of drug-likeness (QED) is 0.869. The zero-order chi connectivity index (χ0) is 13.7. The van der Waals surface area contributed by atoms with Gasteiger partial charge in [-0.05, 0) is 56.5 Å². The van der Waals surface area contributed by atoms with Crippen LogP contribution in [0.3, 0.4) is 0 Å². The first-order valence-corrected chi connectivity index (χ1v) is 7.06. The van der Waals surface area contributed by atoms with Crippen molar-refractivity contribution in [2.75, 3.05) is 13.1 Å². The van der Waals surface area contributed by atoms with Crippen molar-refractivity contribution in [1.82, 2.24) is 15.6 Å². The summed E-state index contributed by atoms with van der Waals surface area (Å²) in [5.74, 6) is 0.202. The van der Waals surface area contributed by atoms with E-state index in [2.05, 4.69) is 22.5 Å². The highest BCUT2D eigenvalue weighted by Gasteiger charge is 2.37. The molecule has 0 radical (unpaired) electrons. The summed E-state index contributed by atoms with van der Waals surface area (Å²) in [6.07, 6.45) is 6.39. The van der Waals surface area contributed by atoms with Crippen LogP contribution < -0.4 is 10.6 Å². The predicted molar refractivity (Wildman–Crippen MR) is 75.6 cm³/mol. The summed E-state index contributed by atoms with van der Waals surface area (Å²) in [6, 6.07) is 1.97. The maximum atomic E-state index is 12.5. The minimum absolute atomic E-state index is 0.174. The Hall–Kier alpha value is -1.42. The monoisotopic (exact) mass is 261 g/mol. The Labute approximate surface area is 115 Å². The van der Waals surface area contributed by atoms with Gasteiger partial charge in [-0.15, -0.1) is 0 Å². The number of carbonyl (C=O) groups excluding carboxylic acids is 1. The van der Waals surface area contributed by atoms with E-state index in [1.807, 2.05) is 19.2 Å². The Morgan fingerprint density at radius 1 is 1.47 bits per heavy atom. The fourth-order valence-corrected chi connectivity index (χ4v) is 2.71. The lowest BCUT2D eigenvalue weighted by Gasteiger charge is -2.35. The molecule has 1 aliphatic rings. The molecule has 1 fully saturated rings. The smallest absolute Gasteiger partial charge is 0.226 e. The van der Waals surface area contributed by atoms with Gasteiger partial charge in [-0.2, -0.15) is 0 Å². The van der Waals surface area contributed by atoms with E-state index in [9.17, 15) is 4.79 Å². The number of amides is 1. The molecule has 104 valence electrons. The number of carbonyl (C=O) groups is 1. The van der Waals surface area contributed by atoms with Crippen LogP contribution in [0.1, 0.15) is 37.3 Å². The minimum Gasteiger partial charge on any atom is -0.352 e. The van der Waals surface area contributed by atoms with E-state index in [4.69, 9.17) is 0 Å². The van der Waals surface area contributed by atoms with Crippen molar-refractivity contribution < 1.29 is 4.79 Å². The van der Waals surface area contributed by atoms with E-state index in [1.54, 1.807) is 6.20 Å². The first kappa shape index (κ1) is 14.0. The first-order valence-electron chi connectivity index (χ1n) is 7.06. The highest BCUT2D eigenvalue weighted by molar-refractivity contribution is 5.82. The Kier molecular flexibility index (Phi) is 4.53. The number of hydrogen-bond donors (Lipinski definition) is 2. The Balaban J connectivity index is 1.98. The standard InChI is InChI=1S/C15H23N3O/c1-3-15(5-8-16-9-6-15)14(19)18-11-13-4-7-17-10-12(13)2/h4,7,10,16H,3,5-6,8-9,11H2,1-2H3,(H,18,19). The van der Waals surface area contributed by atoms with Crippen LogP contribution in [0.5, 0.6) is 0 Å². The minimum atomic E-state index is -0.174. The van der Waals surface area contributed by atoms with Gasteiger partial charge in [0.2, 0.25) is 5.91 Å². The largest absolute Gasteiger partial charge is 0.352 e. The normalized spacial score (nSPS) is 18.0. The Morgan fingerprint density at radius 3 is 2.84 bits per heavy atom. The average Bonchev–Trinajstić information content (AvgIpc) is 2.46. The molecule has 2 rings (SSSR count). The lowest BCUT2D eigenvalue weighted by Crippen LogP contribution is -2.47. The van der Waals surface area contributed by atoms with Crippen LogP contribution in [-0.2, 0) is 11.3 Å². The van der Waals surface area contributed by atoms with E-state index in [-0.39, 0.29) is 11.3 Å². The second kappa shape index (κ2) is 6.15. The molecule has 0 spiro atoms. The van der Waals surface area contributed by atoms with Crippen molar-refractivity contribution >= 4 is 5.91 Å². The summed E-state index contributed by atoms with van der Waals surface area (Å²) in [5, 5.41) is 6.43. The second-order valence-electron chi connectivity index (χ2n) is 5.37. The van der Waals surface area contributed by atoms with Crippen LogP contribution in [0, 0.1) is 12.3 Å². The highest BCUT2D eigenvalue weighted by Crippen LogP contribution is 2.32. The number of nitrogens with one attached hydrogen (secondary N) is 2. The molecule has 2 N–H and O–H groups in total. The molecule has 1 aromatic heterocycles. The predicted octanol–water partition coefficient (Wildman–Crippen LogP) is 1.79. The number of aromatic nitrogens is 1. The third kappa shape index (κ3) is 3.13. The molecular formula is C15H23N3O. The number of pyridine rings is 1. The fourth-order valence-electron chi connectivity index (χ4n) is 2.71. The first-order chi connectivity index (χ1) is 9.18. The number of aryl methyl sites for hydroxylation is 1. The lowest BCUT2D eigenvalue weighted by atomic mass is 9.76. The molecule has 0 saturated carbocycles. The van der Waals surface area contributed by atoms with E-state index in [1.165, 1.54) is 0 Å². The molecule has 1 saturated heterocycles. The van der Waals surface area contributed by atoms with Gasteiger partial charge in [0.15, 0.2) is 0 Å². The van der Waals surface area contributed by atoms with E-state index >= 15 is 0 Å². The van der Waals surface area contributed by atoms with Gasteiger partial charge < -0.3 is 10.6 Å². The Bertz CT molecular complexity index is 439. The number of nitrogens with zero attached hydrogens (tertiary/aromatic N) is 1. The van der Waals surface area contributed by atoms with Crippen molar-refractivity contribution in [2.45, 2.75) is 39.7 Å². The van der Waals surface area contributed by atoms with Crippen LogP contribution in [0.4, 0.5) is 0 Å². The second-order valence-corrected chi connectivity index (χ2v) is 5.37. The summed E-state index contributed by atoms with van der Waals surface area (Å²) in [6.45, 7) is 6.62. The van der Waals surface area contributed by atoms with Crippen LogP contribution in [0.15, 0.2) is 18.5 Å². The topological polar surface area (TPSA) is 54.0 Å². The molecular weight excluding hydrogens is 238 g/mol. The molecule has 1 aliphatic heterocycles. The average molecular weight is 261 g/mol. The molecule has 4 nitrogen and oxygen atoms in total. The van der Waals surface area contributed by atoms with Crippen molar-refractivity contribution in [1.29, 1.82) is 0 Å². The van der Waals surface area contributed by atoms with Crippen LogP contribution in [0.2, 0.25) is 0 Å². The van der Waals surface area contributed by atoms with Crippen LogP contribution in [0.25, 0.3) is 0 Å². The third-order valence-corrected chi connectivity index (χ3v) is 4.29. The molecule has 0 bridgehead atoms. The van der Waals surface area contributed by atoms with Crippen molar-refractivity contribution in [3.8, 4) is 0 Å². The zero-order valence-electron chi connectivity index (χ0n) is 11.8. The van der Waals surface area contributed by atoms with E-state index < -0.39 is 0 Å². The molecule has 0 aliphatic carbocycles. The number of rotatable bonds is 4. The van der Waals surface area contributed by atoms with Gasteiger partial charge in [0.05, 0.1) is 5.41 Å². The molecule has 1 aromatic rings. The number of hydrogen-bond acceptors (Lipinski definition) is 3. The maximum absolute atomic E-state index is 12.5. The van der Waals surface area contributed by atoms with Crippen molar-refractivity contribution in [3.05, 3.63) is 29.6 Å². The van der Waals surface area contributed by atoms with Gasteiger partial charge in [0.25, 0.3) is 0 Å². The summed E-state index contributed by atoms with van der Waals surface area (Å²) >= 11 is 0. The van der Waals surface area contributed by atoms with Gasteiger partial charge in [-0.3, -0.25) is 9.78 Å². The summed E-state index contributed by atoms with van der Waals surface area (Å²) < 4.78 is 0. The molecule has 4 heteroatoms. The van der Waals surface area contributed by atoms with Gasteiger partial charge in [0, 0.05) is 18.9 Å². The molecule has 19 heavy (non-hydrogen) atoms. The lowest BCUT2D eigenvalue weighted by molar-refractivity contribution is -0.133. The van der Waals surface area contributed by atoms with Crippen molar-refractivity contribution in [3.63, 3.8) is 0 Å². The zero-order valence-corrected chi connectivity index (χ0v) is 11.8. The SMILES string of the molecule is CCC1(C(=O)NCc2ccncc2C)CCNCC1. The molecule has 0 aromatic carbocycles. The van der Waals surface area contributed by atoms with E-state index in [0.29, 0.717) is 6.54 Å². The maximum Gasteiger partial charge on any atom is 0.226 e. The number of piperidine rings is 1. The summed E-state index contributed by atoms with van der Waals surface area (Å²) in [5.41, 5.74) is 2.09. The van der Waals surface area contributed by atoms with Gasteiger partial charge in [0.1, 0.15) is 0 Å².